The van der Waals surface area contributed by atoms with Gasteiger partial charge in [0.25, 0.3) is 0 Å². The number of aliphatic imine (C=N–C) groups is 1. The quantitative estimate of drug-likeness (QED) is 0.672. The molecular weight excluding hydrogens is 277 g/mol. The van der Waals surface area contributed by atoms with Gasteiger partial charge in [0.2, 0.25) is 0 Å². The van der Waals surface area contributed by atoms with Crippen LogP contribution in [-0.2, 0) is 19.3 Å². The molecule has 3 rings (SSSR count). The molecule has 3 N–H and O–H groups in total. The fourth-order valence-electron chi connectivity index (χ4n) is 2.79. The lowest BCUT2D eigenvalue weighted by molar-refractivity contribution is 0.627. The van der Waals surface area contributed by atoms with Crippen LogP contribution < -0.4 is 11.1 Å². The molecule has 1 aliphatic carbocycles. The van der Waals surface area contributed by atoms with Gasteiger partial charge in [-0.2, -0.15) is 0 Å². The molecule has 0 aliphatic heterocycles. The SMILES string of the molecule is NC(=NCCc1ccc(F)cc1)Nc1ccc2c(c1)CCC2. The molecule has 0 aromatic heterocycles. The number of rotatable bonds is 4. The minimum atomic E-state index is -0.218. The van der Waals surface area contributed by atoms with Crippen LogP contribution in [0, 0.1) is 5.82 Å². The number of benzene rings is 2. The van der Waals surface area contributed by atoms with Crippen molar-refractivity contribution in [3.8, 4) is 0 Å². The van der Waals surface area contributed by atoms with E-state index in [0.29, 0.717) is 12.5 Å². The summed E-state index contributed by atoms with van der Waals surface area (Å²) in [5.41, 5.74) is 10.8. The van der Waals surface area contributed by atoms with Gasteiger partial charge in [0.05, 0.1) is 0 Å². The van der Waals surface area contributed by atoms with Crippen molar-refractivity contribution in [2.75, 3.05) is 11.9 Å². The highest BCUT2D eigenvalue weighted by Crippen LogP contribution is 2.24. The lowest BCUT2D eigenvalue weighted by atomic mass is 10.1. The molecule has 22 heavy (non-hydrogen) atoms. The highest BCUT2D eigenvalue weighted by Gasteiger charge is 2.10. The largest absolute Gasteiger partial charge is 0.370 e. The number of anilines is 1. The molecule has 0 amide bonds. The van der Waals surface area contributed by atoms with Gasteiger partial charge in [-0.25, -0.2) is 4.39 Å². The third kappa shape index (κ3) is 3.64. The van der Waals surface area contributed by atoms with Gasteiger partial charge in [-0.05, 0) is 66.6 Å². The summed E-state index contributed by atoms with van der Waals surface area (Å²) in [6.07, 6.45) is 4.30. The molecule has 0 heterocycles. The van der Waals surface area contributed by atoms with E-state index < -0.39 is 0 Å². The zero-order valence-corrected chi connectivity index (χ0v) is 12.5. The van der Waals surface area contributed by atoms with Crippen molar-refractivity contribution in [1.29, 1.82) is 0 Å². The Labute approximate surface area is 130 Å². The zero-order chi connectivity index (χ0) is 15.4. The average molecular weight is 297 g/mol. The Morgan fingerprint density at radius 3 is 2.68 bits per heavy atom. The molecule has 0 spiro atoms. The number of guanidine groups is 1. The van der Waals surface area contributed by atoms with Crippen molar-refractivity contribution in [3.05, 3.63) is 65.0 Å². The molecule has 114 valence electrons. The predicted octanol–water partition coefficient (Wildman–Crippen LogP) is 3.28. The Balaban J connectivity index is 1.55. The Kier molecular flexibility index (Phi) is 4.37. The van der Waals surface area contributed by atoms with E-state index >= 15 is 0 Å². The fraction of sp³-hybridized carbons (Fsp3) is 0.278. The maximum absolute atomic E-state index is 12.8. The molecule has 0 saturated heterocycles. The first kappa shape index (κ1) is 14.6. The summed E-state index contributed by atoms with van der Waals surface area (Å²) in [4.78, 5) is 4.32. The summed E-state index contributed by atoms with van der Waals surface area (Å²) in [7, 11) is 0. The molecule has 0 saturated carbocycles. The summed E-state index contributed by atoms with van der Waals surface area (Å²) in [6, 6.07) is 12.8. The van der Waals surface area contributed by atoms with Crippen LogP contribution in [0.3, 0.4) is 0 Å². The van der Waals surface area contributed by atoms with Gasteiger partial charge in [-0.1, -0.05) is 18.2 Å². The standard InChI is InChI=1S/C18H20FN3/c19-16-7-4-13(5-8-16)10-11-21-18(20)22-17-9-6-14-2-1-3-15(14)12-17/h4-9,12H,1-3,10-11H2,(H3,20,21,22). The van der Waals surface area contributed by atoms with E-state index in [1.807, 2.05) is 6.07 Å². The maximum Gasteiger partial charge on any atom is 0.193 e. The average Bonchev–Trinajstić information content (AvgIpc) is 2.97. The number of fused-ring (bicyclic) bond motifs is 1. The first-order valence-electron chi connectivity index (χ1n) is 7.64. The second kappa shape index (κ2) is 6.60. The van der Waals surface area contributed by atoms with E-state index in [2.05, 4.69) is 22.4 Å². The van der Waals surface area contributed by atoms with Gasteiger partial charge >= 0.3 is 0 Å². The molecule has 4 heteroatoms. The van der Waals surface area contributed by atoms with Crippen LogP contribution in [0.1, 0.15) is 23.1 Å². The fourth-order valence-corrected chi connectivity index (χ4v) is 2.79. The number of hydrogen-bond donors (Lipinski definition) is 2. The zero-order valence-electron chi connectivity index (χ0n) is 12.5. The molecule has 0 fully saturated rings. The van der Waals surface area contributed by atoms with Crippen LogP contribution in [0.5, 0.6) is 0 Å². The number of nitrogens with one attached hydrogen (secondary N) is 1. The Hall–Kier alpha value is -2.36. The van der Waals surface area contributed by atoms with Crippen LogP contribution in [-0.4, -0.2) is 12.5 Å². The van der Waals surface area contributed by atoms with Crippen molar-refractivity contribution < 1.29 is 4.39 Å². The molecule has 0 bridgehead atoms. The summed E-state index contributed by atoms with van der Waals surface area (Å²) >= 11 is 0. The second-order valence-corrected chi connectivity index (χ2v) is 5.61. The van der Waals surface area contributed by atoms with E-state index in [1.54, 1.807) is 12.1 Å². The third-order valence-corrected chi connectivity index (χ3v) is 3.97. The monoisotopic (exact) mass is 297 g/mol. The Morgan fingerprint density at radius 1 is 1.09 bits per heavy atom. The van der Waals surface area contributed by atoms with Crippen molar-refractivity contribution in [2.24, 2.45) is 10.7 Å². The van der Waals surface area contributed by atoms with Crippen molar-refractivity contribution in [2.45, 2.75) is 25.7 Å². The number of halogens is 1. The van der Waals surface area contributed by atoms with Crippen LogP contribution in [0.25, 0.3) is 0 Å². The Morgan fingerprint density at radius 2 is 1.86 bits per heavy atom. The second-order valence-electron chi connectivity index (χ2n) is 5.61. The van der Waals surface area contributed by atoms with Crippen LogP contribution in [0.15, 0.2) is 47.5 Å². The van der Waals surface area contributed by atoms with Crippen LogP contribution >= 0.6 is 0 Å². The van der Waals surface area contributed by atoms with Gasteiger partial charge < -0.3 is 11.1 Å². The molecule has 2 aromatic rings. The smallest absolute Gasteiger partial charge is 0.193 e. The molecule has 2 aromatic carbocycles. The maximum atomic E-state index is 12.8. The van der Waals surface area contributed by atoms with Gasteiger partial charge in [-0.3, -0.25) is 4.99 Å². The van der Waals surface area contributed by atoms with E-state index in [1.165, 1.54) is 36.1 Å². The highest BCUT2D eigenvalue weighted by molar-refractivity contribution is 5.92. The summed E-state index contributed by atoms with van der Waals surface area (Å²) < 4.78 is 12.8. The highest BCUT2D eigenvalue weighted by atomic mass is 19.1. The van der Waals surface area contributed by atoms with Crippen molar-refractivity contribution >= 4 is 11.6 Å². The minimum absolute atomic E-state index is 0.218. The van der Waals surface area contributed by atoms with Crippen molar-refractivity contribution in [1.82, 2.24) is 0 Å². The van der Waals surface area contributed by atoms with Gasteiger partial charge in [0.1, 0.15) is 5.82 Å². The molecule has 0 unspecified atom stereocenters. The lowest BCUT2D eigenvalue weighted by Gasteiger charge is -2.08. The van der Waals surface area contributed by atoms with E-state index in [4.69, 9.17) is 5.73 Å². The van der Waals surface area contributed by atoms with E-state index in [9.17, 15) is 4.39 Å². The topological polar surface area (TPSA) is 50.4 Å². The number of nitrogens with two attached hydrogens (primary N) is 1. The first-order valence-corrected chi connectivity index (χ1v) is 7.64. The number of aryl methyl sites for hydroxylation is 2. The third-order valence-electron chi connectivity index (χ3n) is 3.97. The molecule has 3 nitrogen and oxygen atoms in total. The van der Waals surface area contributed by atoms with Crippen LogP contribution in [0.4, 0.5) is 10.1 Å². The summed E-state index contributed by atoms with van der Waals surface area (Å²) in [5, 5.41) is 3.13. The van der Waals surface area contributed by atoms with Gasteiger partial charge in [0, 0.05) is 12.2 Å². The lowest BCUT2D eigenvalue weighted by Crippen LogP contribution is -2.23. The van der Waals surface area contributed by atoms with E-state index in [0.717, 1.165) is 24.1 Å². The summed E-state index contributed by atoms with van der Waals surface area (Å²) in [5.74, 6) is 0.199. The predicted molar refractivity (Wildman–Crippen MR) is 88.7 cm³/mol. The minimum Gasteiger partial charge on any atom is -0.370 e. The summed E-state index contributed by atoms with van der Waals surface area (Å²) in [6.45, 7) is 0.579. The normalized spacial score (nSPS) is 14.0. The Bertz CT molecular complexity index is 677. The first-order chi connectivity index (χ1) is 10.7. The van der Waals surface area contributed by atoms with E-state index in [-0.39, 0.29) is 5.82 Å². The molecule has 0 atom stereocenters. The van der Waals surface area contributed by atoms with Gasteiger partial charge in [0.15, 0.2) is 5.96 Å². The molecular formula is C18H20FN3. The van der Waals surface area contributed by atoms with Crippen LogP contribution in [0.2, 0.25) is 0 Å². The van der Waals surface area contributed by atoms with Crippen molar-refractivity contribution in [3.63, 3.8) is 0 Å². The number of hydrogen-bond acceptors (Lipinski definition) is 1. The number of nitrogens with zero attached hydrogens (tertiary/aromatic N) is 1. The molecule has 0 radical (unpaired) electrons. The molecule has 1 aliphatic rings. The van der Waals surface area contributed by atoms with Gasteiger partial charge in [-0.15, -0.1) is 0 Å².